The van der Waals surface area contributed by atoms with Gasteiger partial charge in [0.1, 0.15) is 12.8 Å². The van der Waals surface area contributed by atoms with Crippen molar-refractivity contribution in [1.82, 2.24) is 9.38 Å². The Hall–Kier alpha value is -3.36. The van der Waals surface area contributed by atoms with Crippen molar-refractivity contribution in [2.24, 2.45) is 10.6 Å². The number of nitrogens with zero attached hydrogens (tertiary/aromatic N) is 4. The predicted octanol–water partition coefficient (Wildman–Crippen LogP) is 5.31. The van der Waals surface area contributed by atoms with Crippen LogP contribution in [0.25, 0.3) is 16.9 Å². The van der Waals surface area contributed by atoms with Gasteiger partial charge < -0.3 is 9.74 Å². The van der Waals surface area contributed by atoms with Crippen molar-refractivity contribution < 1.29 is 22.8 Å². The Labute approximate surface area is 184 Å². The number of hydrogen-bond donors (Lipinski definition) is 0. The van der Waals surface area contributed by atoms with Gasteiger partial charge in [-0.3, -0.25) is 9.20 Å². The second-order valence-corrected chi connectivity index (χ2v) is 8.24. The first kappa shape index (κ1) is 23.3. The minimum Gasteiger partial charge on any atom is -0.399 e. The molecule has 2 heterocycles. The van der Waals surface area contributed by atoms with Gasteiger partial charge in [-0.15, -0.1) is 0 Å². The average molecular weight is 446 g/mol. The molecule has 0 atom stereocenters. The quantitative estimate of drug-likeness (QED) is 0.381. The minimum atomic E-state index is -4.43. The lowest BCUT2D eigenvalue weighted by atomic mass is 9.87. The van der Waals surface area contributed by atoms with Crippen LogP contribution in [-0.2, 0) is 9.63 Å². The lowest BCUT2D eigenvalue weighted by molar-refractivity contribution is -0.163. The van der Waals surface area contributed by atoms with Crippen molar-refractivity contribution in [2.75, 3.05) is 19.1 Å². The van der Waals surface area contributed by atoms with Crippen molar-refractivity contribution in [1.29, 1.82) is 0 Å². The fraction of sp³-hybridized carbons (Fsp3) is 0.348. The molecule has 1 amide bonds. The highest BCUT2D eigenvalue weighted by molar-refractivity contribution is 5.99. The number of amides is 1. The van der Waals surface area contributed by atoms with E-state index in [1.54, 1.807) is 24.4 Å². The number of benzene rings is 1. The number of hydrogen-bond acceptors (Lipinski definition) is 4. The van der Waals surface area contributed by atoms with E-state index in [-0.39, 0.29) is 0 Å². The second-order valence-electron chi connectivity index (χ2n) is 8.24. The number of pyridine rings is 1. The minimum absolute atomic E-state index is 0.498. The van der Waals surface area contributed by atoms with Crippen LogP contribution in [0.15, 0.2) is 53.9 Å². The maximum atomic E-state index is 12.9. The van der Waals surface area contributed by atoms with Crippen molar-refractivity contribution in [3.05, 3.63) is 54.4 Å². The van der Waals surface area contributed by atoms with Crippen molar-refractivity contribution in [2.45, 2.75) is 33.4 Å². The van der Waals surface area contributed by atoms with E-state index >= 15 is 0 Å². The Morgan fingerprint density at radius 3 is 2.59 bits per heavy atom. The zero-order valence-electron chi connectivity index (χ0n) is 18.6. The summed E-state index contributed by atoms with van der Waals surface area (Å²) in [5.41, 5.74) is 2.75. The van der Waals surface area contributed by atoms with E-state index in [9.17, 15) is 18.0 Å². The van der Waals surface area contributed by atoms with E-state index in [4.69, 9.17) is 4.84 Å². The smallest absolute Gasteiger partial charge is 0.390 e. The molecule has 170 valence electrons. The van der Waals surface area contributed by atoms with Gasteiger partial charge in [-0.1, -0.05) is 31.1 Å². The Morgan fingerprint density at radius 2 is 1.94 bits per heavy atom. The fourth-order valence-corrected chi connectivity index (χ4v) is 3.63. The normalized spacial score (nSPS) is 12.8. The number of anilines is 1. The highest BCUT2D eigenvalue weighted by atomic mass is 19.4. The number of oxime groups is 1. The summed E-state index contributed by atoms with van der Waals surface area (Å²) in [5, 5.41) is 3.93. The molecule has 0 aliphatic carbocycles. The standard InChI is InChI=1S/C23H25F3N4O2/c1-15(28-32-5)16-9-10-30-19(13-27-20(30)12-16)17-7-6-8-18(11-17)29(4)21(31)22(2,3)14-23(24,25)26/h6-13H,14H2,1-5H3. The van der Waals surface area contributed by atoms with E-state index in [0.29, 0.717) is 17.0 Å². The maximum absolute atomic E-state index is 12.9. The zero-order valence-corrected chi connectivity index (χ0v) is 18.6. The molecule has 0 aliphatic rings. The highest BCUT2D eigenvalue weighted by Gasteiger charge is 2.42. The molecule has 0 fully saturated rings. The maximum Gasteiger partial charge on any atom is 0.390 e. The predicted molar refractivity (Wildman–Crippen MR) is 118 cm³/mol. The van der Waals surface area contributed by atoms with Gasteiger partial charge in [0.25, 0.3) is 0 Å². The molecule has 1 aromatic carbocycles. The molecule has 6 nitrogen and oxygen atoms in total. The molecule has 0 N–H and O–H groups in total. The topological polar surface area (TPSA) is 59.2 Å². The highest BCUT2D eigenvalue weighted by Crippen LogP contribution is 2.36. The molecule has 9 heteroatoms. The van der Waals surface area contributed by atoms with Gasteiger partial charge in [-0.05, 0) is 31.2 Å². The van der Waals surface area contributed by atoms with E-state index in [1.807, 2.05) is 35.7 Å². The lowest BCUT2D eigenvalue weighted by Crippen LogP contribution is -2.41. The molecule has 0 bridgehead atoms. The van der Waals surface area contributed by atoms with Crippen LogP contribution in [0.3, 0.4) is 0 Å². The first-order valence-corrected chi connectivity index (χ1v) is 9.93. The molecular formula is C23H25F3N4O2. The van der Waals surface area contributed by atoms with Crippen molar-refractivity contribution in [3.63, 3.8) is 0 Å². The Bertz CT molecular complexity index is 1170. The largest absolute Gasteiger partial charge is 0.399 e. The van der Waals surface area contributed by atoms with Crippen LogP contribution in [0, 0.1) is 5.41 Å². The number of fused-ring (bicyclic) bond motifs is 1. The first-order valence-electron chi connectivity index (χ1n) is 9.93. The molecule has 2 aromatic heterocycles. The number of aromatic nitrogens is 2. The van der Waals surface area contributed by atoms with Gasteiger partial charge in [-0.2, -0.15) is 13.2 Å². The monoisotopic (exact) mass is 446 g/mol. The summed E-state index contributed by atoms with van der Waals surface area (Å²) in [6.07, 6.45) is -2.06. The number of imidazole rings is 1. The zero-order chi connectivity index (χ0) is 23.7. The summed E-state index contributed by atoms with van der Waals surface area (Å²) >= 11 is 0. The van der Waals surface area contributed by atoms with Gasteiger partial charge in [0.05, 0.1) is 29.4 Å². The molecule has 3 aromatic rings. The lowest BCUT2D eigenvalue weighted by Gasteiger charge is -2.30. The number of halogens is 3. The van der Waals surface area contributed by atoms with Crippen LogP contribution in [0.4, 0.5) is 18.9 Å². The van der Waals surface area contributed by atoms with Gasteiger partial charge in [-0.25, -0.2) is 4.98 Å². The van der Waals surface area contributed by atoms with Crippen LogP contribution in [0.5, 0.6) is 0 Å². The van der Waals surface area contributed by atoms with Crippen molar-refractivity contribution >= 4 is 23.0 Å². The van der Waals surface area contributed by atoms with Gasteiger partial charge in [0.15, 0.2) is 0 Å². The third-order valence-electron chi connectivity index (χ3n) is 5.21. The van der Waals surface area contributed by atoms with Gasteiger partial charge in [0.2, 0.25) is 5.91 Å². The van der Waals surface area contributed by atoms with Gasteiger partial charge >= 0.3 is 6.18 Å². The van der Waals surface area contributed by atoms with E-state index in [0.717, 1.165) is 16.8 Å². The molecule has 0 unspecified atom stereocenters. The average Bonchev–Trinajstić information content (AvgIpc) is 3.14. The number of carbonyl (C=O) groups is 1. The van der Waals surface area contributed by atoms with Crippen LogP contribution >= 0.6 is 0 Å². The molecule has 0 saturated carbocycles. The Balaban J connectivity index is 1.93. The second kappa shape index (κ2) is 8.64. The van der Waals surface area contributed by atoms with Crippen LogP contribution < -0.4 is 4.90 Å². The molecule has 32 heavy (non-hydrogen) atoms. The Morgan fingerprint density at radius 1 is 1.22 bits per heavy atom. The first-order chi connectivity index (χ1) is 14.9. The number of rotatable bonds is 6. The van der Waals surface area contributed by atoms with Crippen LogP contribution in [-0.4, -0.2) is 41.3 Å². The SMILES string of the molecule is CON=C(C)c1ccn2c(-c3cccc(N(C)C(=O)C(C)(C)CC(F)(F)F)c3)cnc2c1. The van der Waals surface area contributed by atoms with Gasteiger partial charge in [0, 0.05) is 30.1 Å². The van der Waals surface area contributed by atoms with Crippen LogP contribution in [0.1, 0.15) is 32.8 Å². The third kappa shape index (κ3) is 4.92. The van der Waals surface area contributed by atoms with E-state index < -0.39 is 23.9 Å². The van der Waals surface area contributed by atoms with Crippen LogP contribution in [0.2, 0.25) is 0 Å². The third-order valence-corrected chi connectivity index (χ3v) is 5.21. The summed E-state index contributed by atoms with van der Waals surface area (Å²) in [6, 6.07) is 10.8. The molecule has 0 aliphatic heterocycles. The van der Waals surface area contributed by atoms with E-state index in [1.165, 1.54) is 32.9 Å². The molecule has 0 saturated heterocycles. The summed E-state index contributed by atoms with van der Waals surface area (Å²) in [7, 11) is 2.97. The van der Waals surface area contributed by atoms with Crippen molar-refractivity contribution in [3.8, 4) is 11.3 Å². The summed E-state index contributed by atoms with van der Waals surface area (Å²) < 4.78 is 40.6. The number of carbonyl (C=O) groups excluding carboxylic acids is 1. The molecule has 0 spiro atoms. The summed E-state index contributed by atoms with van der Waals surface area (Å²) in [6.45, 7) is 4.44. The molecule has 0 radical (unpaired) electrons. The molecular weight excluding hydrogens is 421 g/mol. The summed E-state index contributed by atoms with van der Waals surface area (Å²) in [4.78, 5) is 23.3. The Kier molecular flexibility index (Phi) is 6.29. The van der Waals surface area contributed by atoms with E-state index in [2.05, 4.69) is 10.1 Å². The summed E-state index contributed by atoms with van der Waals surface area (Å²) in [5.74, 6) is -0.609. The molecule has 3 rings (SSSR count). The fourth-order valence-electron chi connectivity index (χ4n) is 3.63. The number of alkyl halides is 3.